The summed E-state index contributed by atoms with van der Waals surface area (Å²) in [5, 5.41) is 4.26. The van der Waals surface area contributed by atoms with E-state index in [0.29, 0.717) is 18.8 Å². The Labute approximate surface area is 147 Å². The third kappa shape index (κ3) is 3.57. The van der Waals surface area contributed by atoms with Crippen molar-refractivity contribution in [2.24, 2.45) is 0 Å². The predicted octanol–water partition coefficient (Wildman–Crippen LogP) is 2.64. The summed E-state index contributed by atoms with van der Waals surface area (Å²) in [6.45, 7) is 3.18. The second-order valence-electron chi connectivity index (χ2n) is 6.21. The topological polar surface area (TPSA) is 64.4 Å². The minimum absolute atomic E-state index is 0.0101. The first-order valence-electron chi connectivity index (χ1n) is 8.67. The highest BCUT2D eigenvalue weighted by Crippen LogP contribution is 2.34. The van der Waals surface area contributed by atoms with Gasteiger partial charge in [-0.1, -0.05) is 19.1 Å². The van der Waals surface area contributed by atoms with Crippen molar-refractivity contribution in [3.8, 4) is 5.75 Å². The molecule has 0 unspecified atom stereocenters. The smallest absolute Gasteiger partial charge is 0.274 e. The van der Waals surface area contributed by atoms with Crippen LogP contribution >= 0.6 is 0 Å². The molecule has 1 aromatic carbocycles. The van der Waals surface area contributed by atoms with Crippen molar-refractivity contribution in [1.29, 1.82) is 0 Å². The summed E-state index contributed by atoms with van der Waals surface area (Å²) in [7, 11) is 1.64. The first-order valence-corrected chi connectivity index (χ1v) is 8.67. The van der Waals surface area contributed by atoms with E-state index in [1.807, 2.05) is 36.1 Å². The molecule has 1 atom stereocenters. The first kappa shape index (κ1) is 17.2. The molecule has 132 valence electrons. The van der Waals surface area contributed by atoms with Gasteiger partial charge >= 0.3 is 0 Å². The molecule has 25 heavy (non-hydrogen) atoms. The minimum Gasteiger partial charge on any atom is -0.497 e. The first-order chi connectivity index (χ1) is 12.1. The van der Waals surface area contributed by atoms with Crippen molar-refractivity contribution in [1.82, 2.24) is 14.7 Å². The highest BCUT2D eigenvalue weighted by atomic mass is 16.5. The summed E-state index contributed by atoms with van der Waals surface area (Å²) in [5.74, 6) is 0.654. The number of benzene rings is 1. The molecule has 1 aliphatic rings. The molecule has 2 aromatic rings. The number of aromatic nitrogens is 2. The molecule has 0 N–H and O–H groups in total. The van der Waals surface area contributed by atoms with Crippen molar-refractivity contribution >= 4 is 5.91 Å². The monoisotopic (exact) mass is 341 g/mol. The van der Waals surface area contributed by atoms with Crippen molar-refractivity contribution in [2.75, 3.05) is 13.7 Å². The minimum atomic E-state index is -0.177. The Kier molecular flexibility index (Phi) is 5.16. The zero-order chi connectivity index (χ0) is 17.8. The van der Waals surface area contributed by atoms with Crippen LogP contribution in [0.3, 0.4) is 0 Å². The van der Waals surface area contributed by atoms with E-state index in [2.05, 4.69) is 5.10 Å². The van der Waals surface area contributed by atoms with E-state index in [-0.39, 0.29) is 17.5 Å². The van der Waals surface area contributed by atoms with Gasteiger partial charge in [-0.05, 0) is 43.0 Å². The van der Waals surface area contributed by atoms with Gasteiger partial charge in [-0.15, -0.1) is 0 Å². The molecule has 0 spiro atoms. The van der Waals surface area contributed by atoms with E-state index in [4.69, 9.17) is 4.74 Å². The molecule has 3 rings (SSSR count). The average molecular weight is 341 g/mol. The van der Waals surface area contributed by atoms with Gasteiger partial charge in [0.15, 0.2) is 0 Å². The van der Waals surface area contributed by atoms with E-state index >= 15 is 0 Å². The van der Waals surface area contributed by atoms with E-state index < -0.39 is 0 Å². The van der Waals surface area contributed by atoms with Crippen molar-refractivity contribution in [3.05, 3.63) is 58.0 Å². The zero-order valence-electron chi connectivity index (χ0n) is 14.6. The number of methoxy groups -OCH3 is 1. The number of nitrogens with zero attached hydrogens (tertiary/aromatic N) is 3. The maximum Gasteiger partial charge on any atom is 0.274 e. The van der Waals surface area contributed by atoms with E-state index in [1.165, 1.54) is 16.8 Å². The molecule has 1 fully saturated rings. The fourth-order valence-corrected chi connectivity index (χ4v) is 3.29. The van der Waals surface area contributed by atoms with Gasteiger partial charge in [-0.2, -0.15) is 5.10 Å². The van der Waals surface area contributed by atoms with Crippen LogP contribution in [-0.2, 0) is 6.54 Å². The van der Waals surface area contributed by atoms with Gasteiger partial charge in [0.2, 0.25) is 0 Å². The summed E-state index contributed by atoms with van der Waals surface area (Å²) in [4.78, 5) is 26.6. The number of ether oxygens (including phenoxy) is 1. The van der Waals surface area contributed by atoms with Gasteiger partial charge < -0.3 is 9.64 Å². The Bertz CT molecular complexity index is 816. The lowest BCUT2D eigenvalue weighted by atomic mass is 10.0. The summed E-state index contributed by atoms with van der Waals surface area (Å²) in [6, 6.07) is 10.8. The SMILES string of the molecule is CCCn1nc(C(=O)N2CCC[C@@H]2c2cccc(OC)c2)ccc1=O. The van der Waals surface area contributed by atoms with Crippen LogP contribution in [0.2, 0.25) is 0 Å². The van der Waals surface area contributed by atoms with E-state index in [9.17, 15) is 9.59 Å². The molecule has 0 bridgehead atoms. The molecule has 6 heteroatoms. The van der Waals surface area contributed by atoms with Crippen molar-refractivity contribution in [3.63, 3.8) is 0 Å². The summed E-state index contributed by atoms with van der Waals surface area (Å²) in [6.07, 6.45) is 2.65. The maximum absolute atomic E-state index is 13.0. The molecule has 0 aliphatic carbocycles. The quantitative estimate of drug-likeness (QED) is 0.839. The fourth-order valence-electron chi connectivity index (χ4n) is 3.29. The number of carbonyl (C=O) groups is 1. The number of amides is 1. The molecule has 1 aliphatic heterocycles. The number of carbonyl (C=O) groups excluding carboxylic acids is 1. The lowest BCUT2D eigenvalue weighted by molar-refractivity contribution is 0.0726. The number of hydrogen-bond donors (Lipinski definition) is 0. The largest absolute Gasteiger partial charge is 0.497 e. The van der Waals surface area contributed by atoms with Crippen LogP contribution in [0.4, 0.5) is 0 Å². The summed E-state index contributed by atoms with van der Waals surface area (Å²) >= 11 is 0. The van der Waals surface area contributed by atoms with Gasteiger partial charge in [0, 0.05) is 19.2 Å². The standard InChI is InChI=1S/C19H23N3O3/c1-3-11-22-18(23)10-9-16(20-22)19(24)21-12-5-8-17(21)14-6-4-7-15(13-14)25-2/h4,6-7,9-10,13,17H,3,5,8,11-12H2,1-2H3/t17-/m1/s1. The third-order valence-corrected chi connectivity index (χ3v) is 4.51. The number of aryl methyl sites for hydroxylation is 1. The molecular weight excluding hydrogens is 318 g/mol. The molecule has 0 radical (unpaired) electrons. The van der Waals surface area contributed by atoms with Crippen LogP contribution in [0.25, 0.3) is 0 Å². The molecular formula is C19H23N3O3. The van der Waals surface area contributed by atoms with Gasteiger partial charge in [0.25, 0.3) is 11.5 Å². The lowest BCUT2D eigenvalue weighted by Crippen LogP contribution is -2.33. The van der Waals surface area contributed by atoms with Crippen molar-refractivity contribution in [2.45, 2.75) is 38.8 Å². The lowest BCUT2D eigenvalue weighted by Gasteiger charge is -2.25. The second kappa shape index (κ2) is 7.51. The molecule has 1 aromatic heterocycles. The number of hydrogen-bond acceptors (Lipinski definition) is 4. The Hall–Kier alpha value is -2.63. The third-order valence-electron chi connectivity index (χ3n) is 4.51. The van der Waals surface area contributed by atoms with Crippen LogP contribution < -0.4 is 10.3 Å². The predicted molar refractivity (Wildman–Crippen MR) is 94.8 cm³/mol. The van der Waals surface area contributed by atoms with Crippen LogP contribution in [0.1, 0.15) is 48.3 Å². The Balaban J connectivity index is 1.88. The van der Waals surface area contributed by atoms with Gasteiger partial charge in [-0.25, -0.2) is 4.68 Å². The van der Waals surface area contributed by atoms with Crippen LogP contribution in [0, 0.1) is 0 Å². The fraction of sp³-hybridized carbons (Fsp3) is 0.421. The highest BCUT2D eigenvalue weighted by Gasteiger charge is 2.31. The van der Waals surface area contributed by atoms with Gasteiger partial charge in [0.05, 0.1) is 13.2 Å². The second-order valence-corrected chi connectivity index (χ2v) is 6.21. The van der Waals surface area contributed by atoms with E-state index in [0.717, 1.165) is 30.6 Å². The maximum atomic E-state index is 13.0. The van der Waals surface area contributed by atoms with E-state index in [1.54, 1.807) is 7.11 Å². The average Bonchev–Trinajstić information content (AvgIpc) is 3.13. The van der Waals surface area contributed by atoms with Crippen LogP contribution in [0.15, 0.2) is 41.2 Å². The highest BCUT2D eigenvalue weighted by molar-refractivity contribution is 5.92. The van der Waals surface area contributed by atoms with Crippen LogP contribution in [-0.4, -0.2) is 34.2 Å². The molecule has 1 saturated heterocycles. The van der Waals surface area contributed by atoms with Gasteiger partial charge in [0.1, 0.15) is 11.4 Å². The Morgan fingerprint density at radius 1 is 1.32 bits per heavy atom. The van der Waals surface area contributed by atoms with Gasteiger partial charge in [-0.3, -0.25) is 9.59 Å². The zero-order valence-corrected chi connectivity index (χ0v) is 14.6. The summed E-state index contributed by atoms with van der Waals surface area (Å²) in [5.41, 5.74) is 1.21. The molecule has 6 nitrogen and oxygen atoms in total. The molecule has 0 saturated carbocycles. The Morgan fingerprint density at radius 3 is 2.92 bits per heavy atom. The van der Waals surface area contributed by atoms with Crippen molar-refractivity contribution < 1.29 is 9.53 Å². The summed E-state index contributed by atoms with van der Waals surface area (Å²) < 4.78 is 6.66. The molecule has 1 amide bonds. The number of rotatable bonds is 5. The Morgan fingerprint density at radius 2 is 2.16 bits per heavy atom. The van der Waals surface area contributed by atoms with Crippen LogP contribution in [0.5, 0.6) is 5.75 Å². The normalized spacial score (nSPS) is 16.9. The number of likely N-dealkylation sites (tertiary alicyclic amines) is 1. The molecule has 2 heterocycles.